The largest absolute Gasteiger partial charge is 0.398 e. The van der Waals surface area contributed by atoms with E-state index in [0.717, 1.165) is 6.07 Å². The van der Waals surface area contributed by atoms with Gasteiger partial charge in [-0.15, -0.1) is 0 Å². The van der Waals surface area contributed by atoms with Gasteiger partial charge in [0.15, 0.2) is 0 Å². The normalized spacial score (nSPS) is 11.2. The molecule has 0 saturated heterocycles. The van der Waals surface area contributed by atoms with Crippen LogP contribution in [0.3, 0.4) is 0 Å². The Kier molecular flexibility index (Phi) is 4.62. The van der Waals surface area contributed by atoms with Crippen LogP contribution in [0.15, 0.2) is 41.3 Å². The first-order chi connectivity index (χ1) is 10.2. The van der Waals surface area contributed by atoms with E-state index in [-0.39, 0.29) is 22.0 Å². The summed E-state index contributed by atoms with van der Waals surface area (Å²) >= 11 is 11.7. The smallest absolute Gasteiger partial charge is 0.296 e. The van der Waals surface area contributed by atoms with Crippen LogP contribution in [0.2, 0.25) is 10.0 Å². The van der Waals surface area contributed by atoms with Crippen molar-refractivity contribution >= 4 is 50.6 Å². The molecule has 0 atom stereocenters. The number of carbonyl (C=O) groups is 1. The third-order valence-corrected chi connectivity index (χ3v) is 4.21. The Morgan fingerprint density at radius 3 is 2.41 bits per heavy atom. The minimum Gasteiger partial charge on any atom is -0.398 e. The molecule has 2 aromatic carbocycles. The van der Waals surface area contributed by atoms with Crippen LogP contribution >= 0.6 is 23.2 Å². The zero-order chi connectivity index (χ0) is 16.5. The van der Waals surface area contributed by atoms with Gasteiger partial charge in [-0.1, -0.05) is 23.2 Å². The molecule has 0 bridgehead atoms. The molecule has 0 spiro atoms. The average Bonchev–Trinajstić information content (AvgIpc) is 2.40. The first-order valence-corrected chi connectivity index (χ1v) is 8.01. The third kappa shape index (κ3) is 3.69. The molecule has 0 aliphatic carbocycles. The summed E-state index contributed by atoms with van der Waals surface area (Å²) in [6.07, 6.45) is 0. The lowest BCUT2D eigenvalue weighted by atomic mass is 10.2. The van der Waals surface area contributed by atoms with Crippen LogP contribution < -0.4 is 11.1 Å². The van der Waals surface area contributed by atoms with E-state index in [1.165, 1.54) is 24.3 Å². The zero-order valence-electron chi connectivity index (χ0n) is 10.9. The number of hydrogen-bond acceptors (Lipinski definition) is 4. The van der Waals surface area contributed by atoms with E-state index < -0.39 is 20.9 Å². The van der Waals surface area contributed by atoms with Gasteiger partial charge in [-0.2, -0.15) is 8.42 Å². The summed E-state index contributed by atoms with van der Waals surface area (Å²) in [5, 5.41) is 3.06. The summed E-state index contributed by atoms with van der Waals surface area (Å²) in [6, 6.07) is 8.00. The molecule has 6 nitrogen and oxygen atoms in total. The van der Waals surface area contributed by atoms with Gasteiger partial charge in [0.05, 0.1) is 16.3 Å². The van der Waals surface area contributed by atoms with Crippen molar-refractivity contribution < 1.29 is 17.8 Å². The van der Waals surface area contributed by atoms with Gasteiger partial charge >= 0.3 is 0 Å². The lowest BCUT2D eigenvalue weighted by molar-refractivity contribution is 0.102. The lowest BCUT2D eigenvalue weighted by Gasteiger charge is -2.09. The van der Waals surface area contributed by atoms with Crippen molar-refractivity contribution in [3.05, 3.63) is 52.0 Å². The molecule has 0 heterocycles. The van der Waals surface area contributed by atoms with Gasteiger partial charge in [-0.3, -0.25) is 9.35 Å². The molecule has 0 aromatic heterocycles. The fourth-order valence-corrected chi connectivity index (χ4v) is 2.70. The molecule has 4 N–H and O–H groups in total. The molecule has 2 aromatic rings. The second-order valence-corrected chi connectivity index (χ2v) is 6.54. The quantitative estimate of drug-likeness (QED) is 0.575. The van der Waals surface area contributed by atoms with E-state index in [9.17, 15) is 13.2 Å². The number of nitrogens with one attached hydrogen (secondary N) is 1. The summed E-state index contributed by atoms with van der Waals surface area (Å²) < 4.78 is 31.1. The second kappa shape index (κ2) is 6.13. The average molecular weight is 361 g/mol. The number of carbonyl (C=O) groups excluding carboxylic acids is 1. The second-order valence-electron chi connectivity index (χ2n) is 4.31. The summed E-state index contributed by atoms with van der Waals surface area (Å²) in [5.74, 6) is -0.536. The summed E-state index contributed by atoms with van der Waals surface area (Å²) in [4.78, 5) is 11.7. The molecular formula is C13H10Cl2N2O4S. The maximum Gasteiger partial charge on any atom is 0.296 e. The van der Waals surface area contributed by atoms with Gasteiger partial charge in [0, 0.05) is 10.7 Å². The fraction of sp³-hybridized carbons (Fsp3) is 0. The number of nitrogens with two attached hydrogens (primary N) is 1. The SMILES string of the molecule is Nc1cc(NC(=O)c2cc(Cl)ccc2Cl)ccc1S(=O)(=O)O. The Labute approximate surface area is 136 Å². The first kappa shape index (κ1) is 16.6. The minimum atomic E-state index is -4.42. The van der Waals surface area contributed by atoms with Crippen LogP contribution in [0.5, 0.6) is 0 Å². The molecule has 2 rings (SSSR count). The van der Waals surface area contributed by atoms with E-state index >= 15 is 0 Å². The van der Waals surface area contributed by atoms with Gasteiger partial charge in [0.1, 0.15) is 4.90 Å². The number of halogens is 2. The van der Waals surface area contributed by atoms with Crippen LogP contribution in [0.25, 0.3) is 0 Å². The Morgan fingerprint density at radius 2 is 1.82 bits per heavy atom. The van der Waals surface area contributed by atoms with Crippen molar-refractivity contribution in [3.8, 4) is 0 Å². The Balaban J connectivity index is 2.30. The van der Waals surface area contributed by atoms with E-state index in [1.54, 1.807) is 6.07 Å². The highest BCUT2D eigenvalue weighted by Crippen LogP contribution is 2.25. The van der Waals surface area contributed by atoms with Crippen molar-refractivity contribution in [2.75, 3.05) is 11.1 Å². The van der Waals surface area contributed by atoms with E-state index in [2.05, 4.69) is 5.32 Å². The fourth-order valence-electron chi connectivity index (χ4n) is 1.73. The summed E-state index contributed by atoms with van der Waals surface area (Å²) in [7, 11) is -4.42. The number of hydrogen-bond donors (Lipinski definition) is 3. The predicted octanol–water partition coefficient (Wildman–Crippen LogP) is 3.07. The highest BCUT2D eigenvalue weighted by Gasteiger charge is 2.16. The number of amides is 1. The van der Waals surface area contributed by atoms with Gasteiger partial charge in [-0.05, 0) is 36.4 Å². The highest BCUT2D eigenvalue weighted by atomic mass is 35.5. The van der Waals surface area contributed by atoms with Crippen molar-refractivity contribution in [2.45, 2.75) is 4.90 Å². The van der Waals surface area contributed by atoms with Crippen LogP contribution in [0, 0.1) is 0 Å². The number of rotatable bonds is 3. The number of nitrogen functional groups attached to an aromatic ring is 1. The highest BCUT2D eigenvalue weighted by molar-refractivity contribution is 7.86. The topological polar surface area (TPSA) is 109 Å². The van der Waals surface area contributed by atoms with Crippen molar-refractivity contribution in [1.29, 1.82) is 0 Å². The molecule has 0 unspecified atom stereocenters. The number of anilines is 2. The molecule has 0 saturated carbocycles. The van der Waals surface area contributed by atoms with E-state index in [1.807, 2.05) is 0 Å². The molecular weight excluding hydrogens is 351 g/mol. The molecule has 116 valence electrons. The Bertz CT molecular complexity index is 853. The first-order valence-electron chi connectivity index (χ1n) is 5.82. The summed E-state index contributed by atoms with van der Waals surface area (Å²) in [6.45, 7) is 0. The molecule has 0 aliphatic rings. The molecule has 22 heavy (non-hydrogen) atoms. The maximum absolute atomic E-state index is 12.1. The lowest BCUT2D eigenvalue weighted by Crippen LogP contribution is -2.13. The molecule has 0 fully saturated rings. The van der Waals surface area contributed by atoms with Gasteiger partial charge in [0.2, 0.25) is 0 Å². The number of benzene rings is 2. The molecule has 0 radical (unpaired) electrons. The van der Waals surface area contributed by atoms with Gasteiger partial charge in [0.25, 0.3) is 16.0 Å². The van der Waals surface area contributed by atoms with Crippen LogP contribution in [-0.4, -0.2) is 18.9 Å². The van der Waals surface area contributed by atoms with Crippen molar-refractivity contribution in [1.82, 2.24) is 0 Å². The maximum atomic E-state index is 12.1. The third-order valence-electron chi connectivity index (χ3n) is 2.72. The van der Waals surface area contributed by atoms with Gasteiger partial charge in [-0.25, -0.2) is 0 Å². The predicted molar refractivity (Wildman–Crippen MR) is 85.1 cm³/mol. The summed E-state index contributed by atoms with van der Waals surface area (Å²) in [5.41, 5.74) is 5.74. The van der Waals surface area contributed by atoms with Crippen molar-refractivity contribution in [2.24, 2.45) is 0 Å². The van der Waals surface area contributed by atoms with E-state index in [0.29, 0.717) is 5.02 Å². The standard InChI is InChI=1S/C13H10Cl2N2O4S/c14-7-1-3-10(15)9(5-7)13(18)17-8-2-4-12(11(16)6-8)22(19,20)21/h1-6H,16H2,(H,17,18)(H,19,20,21). The zero-order valence-corrected chi connectivity index (χ0v) is 13.2. The Morgan fingerprint density at radius 1 is 1.14 bits per heavy atom. The van der Waals surface area contributed by atoms with Crippen LogP contribution in [0.4, 0.5) is 11.4 Å². The van der Waals surface area contributed by atoms with Gasteiger partial charge < -0.3 is 11.1 Å². The molecule has 1 amide bonds. The van der Waals surface area contributed by atoms with Crippen LogP contribution in [-0.2, 0) is 10.1 Å². The van der Waals surface area contributed by atoms with E-state index in [4.69, 9.17) is 33.5 Å². The van der Waals surface area contributed by atoms with Crippen LogP contribution in [0.1, 0.15) is 10.4 Å². The monoisotopic (exact) mass is 360 g/mol. The Hall–Kier alpha value is -1.80. The molecule has 0 aliphatic heterocycles. The van der Waals surface area contributed by atoms with Crippen molar-refractivity contribution in [3.63, 3.8) is 0 Å². The molecule has 9 heteroatoms. The minimum absolute atomic E-state index is 0.159.